The van der Waals surface area contributed by atoms with Gasteiger partial charge in [-0.15, -0.1) is 24.0 Å². The minimum absolute atomic E-state index is 0. The molecule has 2 aromatic carbocycles. The van der Waals surface area contributed by atoms with Crippen molar-refractivity contribution in [1.29, 1.82) is 0 Å². The van der Waals surface area contributed by atoms with Crippen LogP contribution in [0, 0.1) is 0 Å². The Morgan fingerprint density at radius 3 is 2.48 bits per heavy atom. The van der Waals surface area contributed by atoms with E-state index in [9.17, 15) is 4.79 Å². The van der Waals surface area contributed by atoms with Crippen LogP contribution in [-0.4, -0.2) is 68.5 Å². The van der Waals surface area contributed by atoms with E-state index >= 15 is 0 Å². The maximum Gasteiger partial charge on any atom is 0.221 e. The Kier molecular flexibility index (Phi) is 11.2. The Labute approximate surface area is 213 Å². The largest absolute Gasteiger partial charge is 0.495 e. The molecule has 1 aliphatic rings. The van der Waals surface area contributed by atoms with Crippen molar-refractivity contribution < 1.29 is 9.53 Å². The summed E-state index contributed by atoms with van der Waals surface area (Å²) in [4.78, 5) is 20.7. The van der Waals surface area contributed by atoms with Gasteiger partial charge in [-0.2, -0.15) is 0 Å². The lowest BCUT2D eigenvalue weighted by atomic mass is 10.2. The summed E-state index contributed by atoms with van der Waals surface area (Å²) in [6, 6.07) is 16.2. The molecule has 1 amide bonds. The molecule has 0 aromatic heterocycles. The Bertz CT molecular complexity index is 941. The lowest BCUT2D eigenvalue weighted by Crippen LogP contribution is -2.52. The van der Waals surface area contributed by atoms with E-state index < -0.39 is 0 Å². The van der Waals surface area contributed by atoms with Gasteiger partial charge < -0.3 is 20.3 Å². The molecule has 178 valence electrons. The minimum atomic E-state index is -0.124. The lowest BCUT2D eigenvalue weighted by Gasteiger charge is -2.36. The Morgan fingerprint density at radius 2 is 1.85 bits per heavy atom. The number of amides is 1. The van der Waals surface area contributed by atoms with E-state index in [0.29, 0.717) is 18.0 Å². The summed E-state index contributed by atoms with van der Waals surface area (Å²) in [6.07, 6.45) is 4.41. The van der Waals surface area contributed by atoms with Crippen molar-refractivity contribution in [2.45, 2.75) is 13.5 Å². The van der Waals surface area contributed by atoms with Gasteiger partial charge in [0.05, 0.1) is 12.8 Å². The average molecular weight is 563 g/mol. The zero-order valence-corrected chi connectivity index (χ0v) is 21.9. The van der Waals surface area contributed by atoms with Crippen molar-refractivity contribution in [2.24, 2.45) is 4.99 Å². The molecule has 1 aliphatic heterocycles. The lowest BCUT2D eigenvalue weighted by molar-refractivity contribution is -0.114. The molecule has 0 atom stereocenters. The zero-order valence-electron chi connectivity index (χ0n) is 19.6. The van der Waals surface area contributed by atoms with E-state index in [4.69, 9.17) is 4.74 Å². The standard InChI is InChI=1S/C25H33N5O2.HI/c1-20(31)28-23-18-22(11-12-24(23)32-3)19-27-25(26-2)30-16-14-29(15-17-30)13-7-10-21-8-5-4-6-9-21;/h4-12,18H,13-17,19H2,1-3H3,(H,26,27)(H,28,31);1H/b10-7+;. The predicted molar refractivity (Wildman–Crippen MR) is 146 cm³/mol. The number of hydrogen-bond acceptors (Lipinski definition) is 4. The number of carbonyl (C=O) groups excluding carboxylic acids is 1. The zero-order chi connectivity index (χ0) is 22.8. The van der Waals surface area contributed by atoms with Crippen LogP contribution in [0.3, 0.4) is 0 Å². The molecule has 0 spiro atoms. The first kappa shape index (κ1) is 26.7. The molecule has 2 N–H and O–H groups in total. The molecular formula is C25H34IN5O2. The first-order valence-corrected chi connectivity index (χ1v) is 10.9. The Balaban J connectivity index is 0.00000385. The fourth-order valence-electron chi connectivity index (χ4n) is 3.71. The van der Waals surface area contributed by atoms with E-state index in [-0.39, 0.29) is 29.9 Å². The van der Waals surface area contributed by atoms with Gasteiger partial charge in [0.1, 0.15) is 5.75 Å². The number of halogens is 1. The number of anilines is 1. The summed E-state index contributed by atoms with van der Waals surface area (Å²) in [5.41, 5.74) is 2.95. The van der Waals surface area contributed by atoms with E-state index in [2.05, 4.69) is 61.8 Å². The molecular weight excluding hydrogens is 529 g/mol. The van der Waals surface area contributed by atoms with Crippen LogP contribution in [0.2, 0.25) is 0 Å². The topological polar surface area (TPSA) is 69.2 Å². The third kappa shape index (κ3) is 8.36. The van der Waals surface area contributed by atoms with Gasteiger partial charge in [-0.3, -0.25) is 14.7 Å². The molecule has 7 nitrogen and oxygen atoms in total. The van der Waals surface area contributed by atoms with E-state index in [0.717, 1.165) is 44.2 Å². The quantitative estimate of drug-likeness (QED) is 0.306. The van der Waals surface area contributed by atoms with Crippen molar-refractivity contribution >= 4 is 47.6 Å². The third-order valence-electron chi connectivity index (χ3n) is 5.38. The van der Waals surface area contributed by atoms with Crippen LogP contribution in [-0.2, 0) is 11.3 Å². The van der Waals surface area contributed by atoms with Gasteiger partial charge in [-0.05, 0) is 23.3 Å². The second-order valence-corrected chi connectivity index (χ2v) is 7.72. The number of methoxy groups -OCH3 is 1. The summed E-state index contributed by atoms with van der Waals surface area (Å²) in [5.74, 6) is 1.41. The summed E-state index contributed by atoms with van der Waals surface area (Å²) in [5, 5.41) is 6.26. The number of hydrogen-bond donors (Lipinski definition) is 2. The van der Waals surface area contributed by atoms with Crippen LogP contribution in [0.4, 0.5) is 5.69 Å². The summed E-state index contributed by atoms with van der Waals surface area (Å²) in [6.45, 7) is 6.90. The molecule has 1 saturated heterocycles. The minimum Gasteiger partial charge on any atom is -0.495 e. The number of nitrogens with zero attached hydrogens (tertiary/aromatic N) is 3. The van der Waals surface area contributed by atoms with Gasteiger partial charge in [-0.1, -0.05) is 48.6 Å². The molecule has 0 saturated carbocycles. The third-order valence-corrected chi connectivity index (χ3v) is 5.38. The van der Waals surface area contributed by atoms with E-state index in [1.807, 2.05) is 31.3 Å². The molecule has 8 heteroatoms. The van der Waals surface area contributed by atoms with E-state index in [1.54, 1.807) is 7.11 Å². The van der Waals surface area contributed by atoms with Crippen LogP contribution in [0.5, 0.6) is 5.75 Å². The van der Waals surface area contributed by atoms with Crippen LogP contribution in [0.1, 0.15) is 18.1 Å². The molecule has 0 unspecified atom stereocenters. The highest BCUT2D eigenvalue weighted by atomic mass is 127. The summed E-state index contributed by atoms with van der Waals surface area (Å²) >= 11 is 0. The number of carbonyl (C=O) groups is 1. The maximum absolute atomic E-state index is 11.5. The second kappa shape index (κ2) is 13.8. The van der Waals surface area contributed by atoms with Gasteiger partial charge in [0.15, 0.2) is 5.96 Å². The number of rotatable bonds is 7. The van der Waals surface area contributed by atoms with Gasteiger partial charge in [0.25, 0.3) is 0 Å². The first-order chi connectivity index (χ1) is 15.6. The van der Waals surface area contributed by atoms with Crippen LogP contribution >= 0.6 is 24.0 Å². The monoisotopic (exact) mass is 563 g/mol. The van der Waals surface area contributed by atoms with Crippen LogP contribution < -0.4 is 15.4 Å². The number of guanidine groups is 1. The summed E-state index contributed by atoms with van der Waals surface area (Å²) in [7, 11) is 3.41. The van der Waals surface area contributed by atoms with Gasteiger partial charge in [0.2, 0.25) is 5.91 Å². The first-order valence-electron chi connectivity index (χ1n) is 10.9. The van der Waals surface area contributed by atoms with Gasteiger partial charge in [-0.25, -0.2) is 0 Å². The normalized spacial score (nSPS) is 14.6. The highest BCUT2D eigenvalue weighted by Crippen LogP contribution is 2.25. The molecule has 0 radical (unpaired) electrons. The van der Waals surface area contributed by atoms with Crippen molar-refractivity contribution in [3.8, 4) is 5.75 Å². The average Bonchev–Trinajstić information content (AvgIpc) is 2.81. The molecule has 1 heterocycles. The predicted octanol–water partition coefficient (Wildman–Crippen LogP) is 3.68. The number of benzene rings is 2. The van der Waals surface area contributed by atoms with Crippen molar-refractivity contribution in [3.05, 3.63) is 65.7 Å². The maximum atomic E-state index is 11.5. The van der Waals surface area contributed by atoms with Gasteiger partial charge in [0, 0.05) is 53.2 Å². The number of nitrogens with one attached hydrogen (secondary N) is 2. The fraction of sp³-hybridized carbons (Fsp3) is 0.360. The molecule has 33 heavy (non-hydrogen) atoms. The van der Waals surface area contributed by atoms with Crippen LogP contribution in [0.15, 0.2) is 59.6 Å². The van der Waals surface area contributed by atoms with Crippen molar-refractivity contribution in [1.82, 2.24) is 15.1 Å². The smallest absolute Gasteiger partial charge is 0.221 e. The molecule has 0 bridgehead atoms. The molecule has 2 aromatic rings. The molecule has 3 rings (SSSR count). The van der Waals surface area contributed by atoms with Crippen LogP contribution in [0.25, 0.3) is 6.08 Å². The second-order valence-electron chi connectivity index (χ2n) is 7.72. The van der Waals surface area contributed by atoms with Crippen molar-refractivity contribution in [2.75, 3.05) is 52.2 Å². The molecule has 0 aliphatic carbocycles. The number of aliphatic imine (C=N–C) groups is 1. The van der Waals surface area contributed by atoms with E-state index in [1.165, 1.54) is 12.5 Å². The van der Waals surface area contributed by atoms with Gasteiger partial charge >= 0.3 is 0 Å². The molecule has 1 fully saturated rings. The summed E-state index contributed by atoms with van der Waals surface area (Å²) < 4.78 is 5.33. The fourth-order valence-corrected chi connectivity index (χ4v) is 3.71. The Hall–Kier alpha value is -2.59. The highest BCUT2D eigenvalue weighted by molar-refractivity contribution is 14.0. The number of ether oxygens (including phenoxy) is 1. The highest BCUT2D eigenvalue weighted by Gasteiger charge is 2.18. The Morgan fingerprint density at radius 1 is 1.12 bits per heavy atom. The van der Waals surface area contributed by atoms with Crippen molar-refractivity contribution in [3.63, 3.8) is 0 Å². The number of piperazine rings is 1. The SMILES string of the molecule is CN=C(NCc1ccc(OC)c(NC(C)=O)c1)N1CCN(C/C=C/c2ccccc2)CC1.I.